The molecule has 1 aromatic carbocycles. The third-order valence-corrected chi connectivity index (χ3v) is 7.67. The third-order valence-electron chi connectivity index (χ3n) is 7.67. The van der Waals surface area contributed by atoms with Gasteiger partial charge in [-0.1, -0.05) is 0 Å². The molecule has 3 aliphatic heterocycles. The summed E-state index contributed by atoms with van der Waals surface area (Å²) in [6, 6.07) is 7.12. The third kappa shape index (κ3) is 5.63. The molecule has 2 aromatic heterocycles. The van der Waals surface area contributed by atoms with Gasteiger partial charge in [-0.3, -0.25) is 4.79 Å². The number of nitrogens with zero attached hydrogens (tertiary/aromatic N) is 7. The highest BCUT2D eigenvalue weighted by Gasteiger charge is 2.37. The molecule has 12 nitrogen and oxygen atoms in total. The molecule has 0 aliphatic carbocycles. The van der Waals surface area contributed by atoms with Gasteiger partial charge in [-0.2, -0.15) is 15.5 Å². The summed E-state index contributed by atoms with van der Waals surface area (Å²) in [5, 5.41) is 22.0. The summed E-state index contributed by atoms with van der Waals surface area (Å²) >= 11 is 0. The number of aryl methyl sites for hydroxylation is 1. The number of benzene rings is 1. The van der Waals surface area contributed by atoms with Gasteiger partial charge in [-0.15, -0.1) is 0 Å². The molecule has 6 rings (SSSR count). The van der Waals surface area contributed by atoms with Crippen LogP contribution in [-0.4, -0.2) is 87.8 Å². The monoisotopic (exact) mass is 590 g/mol. The number of urea groups is 1. The van der Waals surface area contributed by atoms with Crippen LogP contribution < -0.4 is 10.1 Å². The molecule has 1 unspecified atom stereocenters. The first-order valence-electron chi connectivity index (χ1n) is 13.8. The van der Waals surface area contributed by atoms with Gasteiger partial charge in [-0.05, 0) is 44.0 Å². The SMILES string of the molecule is Cc1nn(-c2cc(OC3CN(C(=O)N4CC(c5cc(F)cc(C#N)c5)CC=N4)C3)c(F)cn2)c(C)c1C(=O)NC1COC1. The molecule has 43 heavy (non-hydrogen) atoms. The van der Waals surface area contributed by atoms with Crippen LogP contribution in [0, 0.1) is 36.8 Å². The smallest absolute Gasteiger partial charge is 0.340 e. The number of nitriles is 1. The predicted molar refractivity (Wildman–Crippen MR) is 148 cm³/mol. The van der Waals surface area contributed by atoms with Crippen LogP contribution in [0.25, 0.3) is 5.82 Å². The maximum absolute atomic E-state index is 14.7. The summed E-state index contributed by atoms with van der Waals surface area (Å²) in [7, 11) is 0. The van der Waals surface area contributed by atoms with E-state index in [2.05, 4.69) is 20.5 Å². The topological polar surface area (TPSA) is 138 Å². The second-order valence-corrected chi connectivity index (χ2v) is 10.8. The van der Waals surface area contributed by atoms with Crippen LogP contribution in [-0.2, 0) is 4.74 Å². The summed E-state index contributed by atoms with van der Waals surface area (Å²) in [5.41, 5.74) is 2.30. The number of pyridine rings is 1. The molecule has 1 N–H and O–H groups in total. The molecule has 2 saturated heterocycles. The normalized spacial score (nSPS) is 18.5. The lowest BCUT2D eigenvalue weighted by molar-refractivity contribution is -0.00348. The van der Waals surface area contributed by atoms with Crippen LogP contribution in [0.1, 0.15) is 45.2 Å². The zero-order chi connectivity index (χ0) is 30.2. The van der Waals surface area contributed by atoms with Crippen molar-refractivity contribution < 1.29 is 27.8 Å². The Labute approximate surface area is 245 Å². The molecule has 0 spiro atoms. The number of nitrogens with one attached hydrogen (secondary N) is 1. The highest BCUT2D eigenvalue weighted by atomic mass is 19.1. The molecule has 1 atom stereocenters. The predicted octanol–water partition coefficient (Wildman–Crippen LogP) is 2.82. The molecule has 3 amide bonds. The van der Waals surface area contributed by atoms with Crippen LogP contribution >= 0.6 is 0 Å². The van der Waals surface area contributed by atoms with Gasteiger partial charge in [0, 0.05) is 18.2 Å². The molecule has 0 saturated carbocycles. The van der Waals surface area contributed by atoms with Gasteiger partial charge in [0.05, 0.1) is 73.7 Å². The molecule has 0 radical (unpaired) electrons. The number of rotatable bonds is 6. The van der Waals surface area contributed by atoms with E-state index in [1.165, 1.54) is 26.7 Å². The minimum atomic E-state index is -0.673. The van der Waals surface area contributed by atoms with Crippen molar-refractivity contribution in [2.45, 2.75) is 38.3 Å². The minimum absolute atomic E-state index is 0.0401. The number of carbonyl (C=O) groups excluding carboxylic acids is 2. The lowest BCUT2D eigenvalue weighted by Crippen LogP contribution is -2.59. The Bertz CT molecular complexity index is 1660. The number of aromatic nitrogens is 3. The van der Waals surface area contributed by atoms with Gasteiger partial charge in [0.2, 0.25) is 0 Å². The zero-order valence-electron chi connectivity index (χ0n) is 23.5. The van der Waals surface area contributed by atoms with Crippen LogP contribution in [0.3, 0.4) is 0 Å². The highest BCUT2D eigenvalue weighted by Crippen LogP contribution is 2.28. The van der Waals surface area contributed by atoms with E-state index in [0.717, 1.165) is 12.3 Å². The lowest BCUT2D eigenvalue weighted by atomic mass is 9.93. The van der Waals surface area contributed by atoms with Crippen molar-refractivity contribution >= 4 is 18.2 Å². The molecule has 3 aromatic rings. The van der Waals surface area contributed by atoms with Gasteiger partial charge in [0.1, 0.15) is 11.9 Å². The number of likely N-dealkylation sites (tertiary alicyclic amines) is 1. The summed E-state index contributed by atoms with van der Waals surface area (Å²) in [5.74, 6) is -1.43. The Balaban J connectivity index is 1.09. The molecule has 14 heteroatoms. The van der Waals surface area contributed by atoms with E-state index in [-0.39, 0.29) is 60.7 Å². The van der Waals surface area contributed by atoms with E-state index >= 15 is 0 Å². The van der Waals surface area contributed by atoms with E-state index in [9.17, 15) is 18.4 Å². The van der Waals surface area contributed by atoms with E-state index < -0.39 is 17.7 Å². The van der Waals surface area contributed by atoms with Crippen molar-refractivity contribution in [1.29, 1.82) is 5.26 Å². The molecular weight excluding hydrogens is 562 g/mol. The first kappa shape index (κ1) is 28.2. The van der Waals surface area contributed by atoms with Gasteiger partial charge >= 0.3 is 6.03 Å². The molecule has 0 bridgehead atoms. The average Bonchev–Trinajstić information content (AvgIpc) is 3.26. The van der Waals surface area contributed by atoms with Crippen molar-refractivity contribution in [2.24, 2.45) is 5.10 Å². The summed E-state index contributed by atoms with van der Waals surface area (Å²) in [6.45, 7) is 5.02. The second kappa shape index (κ2) is 11.4. The van der Waals surface area contributed by atoms with Crippen LogP contribution in [0.2, 0.25) is 0 Å². The number of hydrazone groups is 1. The van der Waals surface area contributed by atoms with Crippen molar-refractivity contribution in [3.63, 3.8) is 0 Å². The first-order chi connectivity index (χ1) is 20.7. The van der Waals surface area contributed by atoms with E-state index in [1.807, 2.05) is 6.07 Å². The molecular formula is C29H28F2N8O4. The van der Waals surface area contributed by atoms with Crippen molar-refractivity contribution in [1.82, 2.24) is 30.0 Å². The summed E-state index contributed by atoms with van der Waals surface area (Å²) < 4.78 is 41.1. The summed E-state index contributed by atoms with van der Waals surface area (Å²) in [6.07, 6.45) is 2.66. The molecule has 3 aliphatic rings. The standard InChI is InChI=1S/C29H28F2N8O4/c1-16-27(28(40)35-22-14-42-15-22)17(2)39(36-16)26-8-25(24(31)10-33-26)43-23-12-37(13-23)29(41)38-11-19(3-4-34-38)20-5-18(9-32)6-21(30)7-20/h4-8,10,19,22-23H,3,11-15H2,1-2H3,(H,35,40). The lowest BCUT2D eigenvalue weighted by Gasteiger charge is -2.41. The highest BCUT2D eigenvalue weighted by molar-refractivity contribution is 5.96. The van der Waals surface area contributed by atoms with Gasteiger partial charge in [0.25, 0.3) is 5.91 Å². The number of hydrogen-bond donors (Lipinski definition) is 1. The fourth-order valence-electron chi connectivity index (χ4n) is 5.28. The van der Waals surface area contributed by atoms with Crippen molar-refractivity contribution in [3.05, 3.63) is 70.2 Å². The van der Waals surface area contributed by atoms with Crippen molar-refractivity contribution in [2.75, 3.05) is 32.8 Å². The van der Waals surface area contributed by atoms with E-state index in [1.54, 1.807) is 26.1 Å². The Hall–Kier alpha value is -4.90. The number of ether oxygens (including phenoxy) is 2. The van der Waals surface area contributed by atoms with Gasteiger partial charge in [-0.25, -0.2) is 28.3 Å². The maximum Gasteiger partial charge on any atom is 0.340 e. The Kier molecular flexibility index (Phi) is 7.49. The fourth-order valence-corrected chi connectivity index (χ4v) is 5.28. The van der Waals surface area contributed by atoms with E-state index in [4.69, 9.17) is 14.7 Å². The number of halogens is 2. The Morgan fingerprint density at radius 1 is 1.14 bits per heavy atom. The first-order valence-corrected chi connectivity index (χ1v) is 13.8. The maximum atomic E-state index is 14.7. The van der Waals surface area contributed by atoms with Gasteiger partial charge in [0.15, 0.2) is 17.4 Å². The summed E-state index contributed by atoms with van der Waals surface area (Å²) in [4.78, 5) is 31.5. The average molecular weight is 591 g/mol. The minimum Gasteiger partial charge on any atom is -0.483 e. The van der Waals surface area contributed by atoms with Crippen LogP contribution in [0.15, 0.2) is 35.6 Å². The second-order valence-electron chi connectivity index (χ2n) is 10.8. The van der Waals surface area contributed by atoms with E-state index in [0.29, 0.717) is 42.1 Å². The molecule has 222 valence electrons. The molecule has 5 heterocycles. The fraction of sp³-hybridized carbons (Fsp3) is 0.379. The van der Waals surface area contributed by atoms with Crippen molar-refractivity contribution in [3.8, 4) is 17.6 Å². The molecule has 2 fully saturated rings. The zero-order valence-corrected chi connectivity index (χ0v) is 23.5. The number of hydrogen-bond acceptors (Lipinski definition) is 8. The largest absolute Gasteiger partial charge is 0.483 e. The van der Waals surface area contributed by atoms with Crippen LogP contribution in [0.5, 0.6) is 5.75 Å². The Morgan fingerprint density at radius 3 is 2.65 bits per heavy atom. The Morgan fingerprint density at radius 2 is 1.93 bits per heavy atom. The number of carbonyl (C=O) groups is 2. The quantitative estimate of drug-likeness (QED) is 0.466. The van der Waals surface area contributed by atoms with Crippen LogP contribution in [0.4, 0.5) is 13.6 Å². The van der Waals surface area contributed by atoms with Gasteiger partial charge < -0.3 is 19.7 Å². The number of amides is 3.